The van der Waals surface area contributed by atoms with Gasteiger partial charge in [0.1, 0.15) is 17.9 Å². The van der Waals surface area contributed by atoms with Crippen LogP contribution in [0.3, 0.4) is 0 Å². The molecule has 0 N–H and O–H groups in total. The van der Waals surface area contributed by atoms with Crippen molar-refractivity contribution in [2.75, 3.05) is 20.3 Å². The summed E-state index contributed by atoms with van der Waals surface area (Å²) in [5.74, 6) is 0.501. The maximum absolute atomic E-state index is 13.5. The summed E-state index contributed by atoms with van der Waals surface area (Å²) in [6, 6.07) is 24.0. The predicted octanol–water partition coefficient (Wildman–Crippen LogP) is 4.95. The van der Waals surface area contributed by atoms with E-state index in [4.69, 9.17) is 13.9 Å². The van der Waals surface area contributed by atoms with Crippen LogP contribution in [0.1, 0.15) is 39.7 Å². The lowest BCUT2D eigenvalue weighted by Gasteiger charge is -2.25. The van der Waals surface area contributed by atoms with Crippen LogP contribution in [-0.4, -0.2) is 31.1 Å². The highest BCUT2D eigenvalue weighted by Gasteiger charge is 2.42. The number of carbonyl (C=O) groups is 1. The highest BCUT2D eigenvalue weighted by molar-refractivity contribution is 5.99. The summed E-state index contributed by atoms with van der Waals surface area (Å²) < 4.78 is 17.2. The number of rotatable bonds is 8. The average molecular weight is 456 g/mol. The van der Waals surface area contributed by atoms with E-state index >= 15 is 0 Å². The molecule has 0 aliphatic carbocycles. The smallest absolute Gasteiger partial charge is 0.290 e. The lowest BCUT2D eigenvalue weighted by molar-refractivity contribution is 0.0707. The minimum atomic E-state index is -0.555. The van der Waals surface area contributed by atoms with Gasteiger partial charge in [0.2, 0.25) is 5.76 Å². The number of nitrogens with zero attached hydrogens (tertiary/aromatic N) is 1. The van der Waals surface area contributed by atoms with Crippen LogP contribution in [0, 0.1) is 0 Å². The average Bonchev–Trinajstić information content (AvgIpc) is 3.16. The van der Waals surface area contributed by atoms with E-state index in [1.54, 1.807) is 36.3 Å². The number of benzene rings is 3. The Morgan fingerprint density at radius 3 is 2.56 bits per heavy atom. The number of carbonyl (C=O) groups excluding carboxylic acids is 1. The molecule has 2 heterocycles. The number of hydrogen-bond acceptors (Lipinski definition) is 5. The number of hydrogen-bond donors (Lipinski definition) is 0. The van der Waals surface area contributed by atoms with Gasteiger partial charge in [-0.05, 0) is 41.8 Å². The molecule has 1 aliphatic heterocycles. The highest BCUT2D eigenvalue weighted by Crippen LogP contribution is 2.39. The van der Waals surface area contributed by atoms with Gasteiger partial charge in [-0.15, -0.1) is 0 Å². The molecular formula is C28H25NO5. The lowest BCUT2D eigenvalue weighted by Crippen LogP contribution is -2.31. The van der Waals surface area contributed by atoms with Crippen molar-refractivity contribution in [2.45, 2.75) is 19.1 Å². The summed E-state index contributed by atoms with van der Waals surface area (Å²) in [4.78, 5) is 28.6. The Bertz CT molecular complexity index is 1380. The summed E-state index contributed by atoms with van der Waals surface area (Å²) in [7, 11) is 1.63. The van der Waals surface area contributed by atoms with E-state index in [0.29, 0.717) is 48.5 Å². The largest absolute Gasteiger partial charge is 0.489 e. The van der Waals surface area contributed by atoms with Gasteiger partial charge in [0.05, 0.1) is 17.0 Å². The fraction of sp³-hybridized carbons (Fsp3) is 0.214. The quantitative estimate of drug-likeness (QED) is 0.352. The van der Waals surface area contributed by atoms with E-state index in [0.717, 1.165) is 11.1 Å². The Morgan fingerprint density at radius 2 is 1.74 bits per heavy atom. The third-order valence-corrected chi connectivity index (χ3v) is 6.04. The molecule has 0 fully saturated rings. The molecule has 5 rings (SSSR count). The summed E-state index contributed by atoms with van der Waals surface area (Å²) in [5, 5.41) is 0.467. The summed E-state index contributed by atoms with van der Waals surface area (Å²) in [5.41, 5.74) is 2.47. The Balaban J connectivity index is 1.55. The first-order chi connectivity index (χ1) is 16.7. The van der Waals surface area contributed by atoms with Crippen LogP contribution < -0.4 is 10.2 Å². The summed E-state index contributed by atoms with van der Waals surface area (Å²) in [6.45, 7) is 1.37. The molecule has 3 aromatic carbocycles. The molecular weight excluding hydrogens is 430 g/mol. The fourth-order valence-corrected chi connectivity index (χ4v) is 4.44. The van der Waals surface area contributed by atoms with Crippen molar-refractivity contribution in [1.82, 2.24) is 4.90 Å². The van der Waals surface area contributed by atoms with E-state index in [9.17, 15) is 9.59 Å². The van der Waals surface area contributed by atoms with Crippen molar-refractivity contribution in [2.24, 2.45) is 0 Å². The standard InChI is InChI=1S/C28H25NO5/c1-32-16-8-15-29-25(20-11-7-12-21(17-20)33-18-19-9-3-2-4-10-19)24-26(30)22-13-5-6-14-23(22)34-27(24)28(29)31/h2-7,9-14,17,25H,8,15-16,18H2,1H3. The number of methoxy groups -OCH3 is 1. The van der Waals surface area contributed by atoms with Crippen molar-refractivity contribution in [1.29, 1.82) is 0 Å². The third-order valence-electron chi connectivity index (χ3n) is 6.04. The second kappa shape index (κ2) is 9.53. The van der Waals surface area contributed by atoms with Gasteiger partial charge < -0.3 is 18.8 Å². The van der Waals surface area contributed by atoms with Gasteiger partial charge in [-0.3, -0.25) is 9.59 Å². The van der Waals surface area contributed by atoms with Crippen LogP contribution in [0.2, 0.25) is 0 Å². The number of para-hydroxylation sites is 1. The molecule has 0 bridgehead atoms. The van der Waals surface area contributed by atoms with E-state index in [1.807, 2.05) is 54.6 Å². The molecule has 0 saturated heterocycles. The number of ether oxygens (including phenoxy) is 2. The van der Waals surface area contributed by atoms with E-state index in [-0.39, 0.29) is 17.1 Å². The molecule has 1 atom stereocenters. The lowest BCUT2D eigenvalue weighted by atomic mass is 9.98. The Hall–Kier alpha value is -3.90. The fourth-order valence-electron chi connectivity index (χ4n) is 4.44. The molecule has 0 saturated carbocycles. The molecule has 1 unspecified atom stereocenters. The zero-order valence-corrected chi connectivity index (χ0v) is 18.9. The third kappa shape index (κ3) is 4.08. The minimum absolute atomic E-state index is 0.113. The Labute approximate surface area is 197 Å². The summed E-state index contributed by atoms with van der Waals surface area (Å²) >= 11 is 0. The van der Waals surface area contributed by atoms with Gasteiger partial charge in [-0.25, -0.2) is 0 Å². The molecule has 1 aromatic heterocycles. The Kier molecular flexibility index (Phi) is 6.14. The van der Waals surface area contributed by atoms with Gasteiger partial charge in [-0.2, -0.15) is 0 Å². The molecule has 4 aromatic rings. The van der Waals surface area contributed by atoms with Crippen molar-refractivity contribution < 1.29 is 18.7 Å². The van der Waals surface area contributed by atoms with Crippen molar-refractivity contribution >= 4 is 16.9 Å². The van der Waals surface area contributed by atoms with E-state index < -0.39 is 6.04 Å². The molecule has 172 valence electrons. The molecule has 6 nitrogen and oxygen atoms in total. The van der Waals surface area contributed by atoms with Gasteiger partial charge in [0.25, 0.3) is 5.91 Å². The number of fused-ring (bicyclic) bond motifs is 2. The number of amides is 1. The van der Waals surface area contributed by atoms with Gasteiger partial charge in [0.15, 0.2) is 5.43 Å². The van der Waals surface area contributed by atoms with Crippen LogP contribution in [0.5, 0.6) is 5.75 Å². The van der Waals surface area contributed by atoms with Crippen LogP contribution in [0.4, 0.5) is 0 Å². The second-order valence-corrected chi connectivity index (χ2v) is 8.26. The first-order valence-electron chi connectivity index (χ1n) is 11.3. The normalized spacial score (nSPS) is 15.0. The van der Waals surface area contributed by atoms with E-state index in [2.05, 4.69) is 0 Å². The molecule has 1 aliphatic rings. The monoisotopic (exact) mass is 455 g/mol. The SMILES string of the molecule is COCCCN1C(=O)c2oc3ccccc3c(=O)c2C1c1cccc(OCc2ccccc2)c1. The highest BCUT2D eigenvalue weighted by atomic mass is 16.5. The van der Waals surface area contributed by atoms with Crippen molar-refractivity contribution in [3.63, 3.8) is 0 Å². The van der Waals surface area contributed by atoms with Crippen molar-refractivity contribution in [3.05, 3.63) is 112 Å². The second-order valence-electron chi connectivity index (χ2n) is 8.26. The van der Waals surface area contributed by atoms with Crippen LogP contribution in [0.15, 0.2) is 88.1 Å². The van der Waals surface area contributed by atoms with Crippen LogP contribution in [-0.2, 0) is 11.3 Å². The maximum Gasteiger partial charge on any atom is 0.290 e. The molecule has 0 spiro atoms. The van der Waals surface area contributed by atoms with Gasteiger partial charge in [0, 0.05) is 20.3 Å². The maximum atomic E-state index is 13.5. The van der Waals surface area contributed by atoms with Crippen LogP contribution >= 0.6 is 0 Å². The topological polar surface area (TPSA) is 69.0 Å². The molecule has 1 amide bonds. The molecule has 34 heavy (non-hydrogen) atoms. The van der Waals surface area contributed by atoms with Crippen molar-refractivity contribution in [3.8, 4) is 5.75 Å². The van der Waals surface area contributed by atoms with E-state index in [1.165, 1.54) is 0 Å². The zero-order chi connectivity index (χ0) is 23.5. The molecule has 6 heteroatoms. The molecule has 0 radical (unpaired) electrons. The first-order valence-corrected chi connectivity index (χ1v) is 11.3. The first kappa shape index (κ1) is 21.9. The van der Waals surface area contributed by atoms with Gasteiger partial charge in [-0.1, -0.05) is 54.6 Å². The Morgan fingerprint density at radius 1 is 0.941 bits per heavy atom. The zero-order valence-electron chi connectivity index (χ0n) is 18.9. The van der Waals surface area contributed by atoms with Crippen LogP contribution in [0.25, 0.3) is 11.0 Å². The minimum Gasteiger partial charge on any atom is -0.489 e. The summed E-state index contributed by atoms with van der Waals surface area (Å²) in [6.07, 6.45) is 0.643. The predicted molar refractivity (Wildman–Crippen MR) is 129 cm³/mol. The van der Waals surface area contributed by atoms with Gasteiger partial charge >= 0.3 is 0 Å².